The van der Waals surface area contributed by atoms with Gasteiger partial charge in [0.2, 0.25) is 0 Å². The van der Waals surface area contributed by atoms with Crippen molar-refractivity contribution in [1.29, 1.82) is 0 Å². The lowest BCUT2D eigenvalue weighted by Crippen LogP contribution is -1.99. The molecule has 2 aromatic rings. The Morgan fingerprint density at radius 2 is 2.12 bits per heavy atom. The van der Waals surface area contributed by atoms with Gasteiger partial charge in [0, 0.05) is 6.42 Å². The van der Waals surface area contributed by atoms with Crippen LogP contribution < -0.4 is 0 Å². The van der Waals surface area contributed by atoms with Crippen LogP contribution in [0.2, 0.25) is 0 Å². The first kappa shape index (κ1) is 10.7. The van der Waals surface area contributed by atoms with Crippen molar-refractivity contribution in [3.05, 3.63) is 59.5 Å². The molecule has 82 valence electrons. The third-order valence-electron chi connectivity index (χ3n) is 2.52. The molecule has 0 aliphatic rings. The van der Waals surface area contributed by atoms with Gasteiger partial charge < -0.3 is 4.42 Å². The second kappa shape index (κ2) is 4.79. The fourth-order valence-corrected chi connectivity index (χ4v) is 1.69. The van der Waals surface area contributed by atoms with Crippen LogP contribution in [0.25, 0.3) is 0 Å². The largest absolute Gasteiger partial charge is 0.461 e. The molecule has 0 aliphatic carbocycles. The van der Waals surface area contributed by atoms with E-state index >= 15 is 0 Å². The van der Waals surface area contributed by atoms with Crippen LogP contribution in [0.5, 0.6) is 0 Å². The molecule has 0 fully saturated rings. The number of hydrogen-bond acceptors (Lipinski definition) is 2. The summed E-state index contributed by atoms with van der Waals surface area (Å²) in [5.41, 5.74) is 2.42. The Morgan fingerprint density at radius 1 is 1.25 bits per heavy atom. The second-order valence-corrected chi connectivity index (χ2v) is 3.89. The van der Waals surface area contributed by atoms with Crippen LogP contribution in [0.1, 0.15) is 28.1 Å². The molecule has 0 saturated carbocycles. The number of furan rings is 1. The fourth-order valence-electron chi connectivity index (χ4n) is 1.69. The molecule has 0 spiro atoms. The minimum Gasteiger partial charge on any atom is -0.461 e. The number of carbonyl (C=O) groups excluding carboxylic acids is 1. The molecular weight excluding hydrogens is 200 g/mol. The Kier molecular flexibility index (Phi) is 3.20. The lowest BCUT2D eigenvalue weighted by molar-refractivity contribution is 0.0956. The van der Waals surface area contributed by atoms with E-state index in [-0.39, 0.29) is 5.78 Å². The summed E-state index contributed by atoms with van der Waals surface area (Å²) >= 11 is 0. The third-order valence-corrected chi connectivity index (χ3v) is 2.52. The smallest absolute Gasteiger partial charge is 0.198 e. The van der Waals surface area contributed by atoms with Gasteiger partial charge in [-0.2, -0.15) is 0 Å². The maximum Gasteiger partial charge on any atom is 0.198 e. The normalized spacial score (nSPS) is 10.3. The van der Waals surface area contributed by atoms with Gasteiger partial charge in [-0.25, -0.2) is 0 Å². The van der Waals surface area contributed by atoms with Crippen molar-refractivity contribution in [1.82, 2.24) is 0 Å². The SMILES string of the molecule is Cc1cccc(CCC(=O)c2ccco2)c1. The molecule has 2 nitrogen and oxygen atoms in total. The van der Waals surface area contributed by atoms with Crippen LogP contribution in [0, 0.1) is 6.92 Å². The van der Waals surface area contributed by atoms with Gasteiger partial charge in [-0.1, -0.05) is 29.8 Å². The van der Waals surface area contributed by atoms with Crippen LogP contribution in [-0.2, 0) is 6.42 Å². The van der Waals surface area contributed by atoms with Crippen molar-refractivity contribution in [2.24, 2.45) is 0 Å². The Morgan fingerprint density at radius 3 is 2.81 bits per heavy atom. The first-order valence-electron chi connectivity index (χ1n) is 5.38. The fraction of sp³-hybridized carbons (Fsp3) is 0.214. The van der Waals surface area contributed by atoms with E-state index in [4.69, 9.17) is 4.42 Å². The molecule has 0 radical (unpaired) electrons. The topological polar surface area (TPSA) is 30.2 Å². The summed E-state index contributed by atoms with van der Waals surface area (Å²) in [5, 5.41) is 0. The molecule has 1 heterocycles. The van der Waals surface area contributed by atoms with E-state index < -0.39 is 0 Å². The standard InChI is InChI=1S/C14H14O2/c1-11-4-2-5-12(10-11)7-8-13(15)14-6-3-9-16-14/h2-6,9-10H,7-8H2,1H3. The molecule has 0 N–H and O–H groups in total. The number of Topliss-reactive ketones (excluding diaryl/α,β-unsaturated/α-hetero) is 1. The van der Waals surface area contributed by atoms with Gasteiger partial charge in [-0.15, -0.1) is 0 Å². The van der Waals surface area contributed by atoms with Gasteiger partial charge in [0.15, 0.2) is 11.5 Å². The Bertz CT molecular complexity index is 469. The quantitative estimate of drug-likeness (QED) is 0.730. The molecule has 1 aromatic heterocycles. The lowest BCUT2D eigenvalue weighted by atomic mass is 10.0. The predicted molar refractivity (Wildman–Crippen MR) is 62.5 cm³/mol. The van der Waals surface area contributed by atoms with Gasteiger partial charge in [0.1, 0.15) is 0 Å². The minimum absolute atomic E-state index is 0.0616. The highest BCUT2D eigenvalue weighted by atomic mass is 16.3. The number of hydrogen-bond donors (Lipinski definition) is 0. The maximum absolute atomic E-state index is 11.7. The highest BCUT2D eigenvalue weighted by molar-refractivity contribution is 5.93. The van der Waals surface area contributed by atoms with Crippen molar-refractivity contribution in [3.63, 3.8) is 0 Å². The van der Waals surface area contributed by atoms with E-state index in [0.717, 1.165) is 6.42 Å². The summed E-state index contributed by atoms with van der Waals surface area (Å²) in [6, 6.07) is 11.7. The summed E-state index contributed by atoms with van der Waals surface area (Å²) in [7, 11) is 0. The van der Waals surface area contributed by atoms with E-state index in [0.29, 0.717) is 12.2 Å². The van der Waals surface area contributed by atoms with E-state index in [1.807, 2.05) is 12.1 Å². The zero-order chi connectivity index (χ0) is 11.4. The lowest BCUT2D eigenvalue weighted by Gasteiger charge is -2.01. The van der Waals surface area contributed by atoms with Crippen molar-refractivity contribution in [2.45, 2.75) is 19.8 Å². The van der Waals surface area contributed by atoms with Gasteiger partial charge >= 0.3 is 0 Å². The average Bonchev–Trinajstić information content (AvgIpc) is 2.79. The Balaban J connectivity index is 1.95. The van der Waals surface area contributed by atoms with Gasteiger partial charge in [0.25, 0.3) is 0 Å². The predicted octanol–water partition coefficient (Wildman–Crippen LogP) is 3.40. The average molecular weight is 214 g/mol. The van der Waals surface area contributed by atoms with Crippen LogP contribution in [0.4, 0.5) is 0 Å². The Labute approximate surface area is 94.9 Å². The number of ketones is 1. The monoisotopic (exact) mass is 214 g/mol. The van der Waals surface area contributed by atoms with Crippen LogP contribution in [-0.4, -0.2) is 5.78 Å². The molecule has 16 heavy (non-hydrogen) atoms. The van der Waals surface area contributed by atoms with E-state index in [1.165, 1.54) is 17.4 Å². The highest BCUT2D eigenvalue weighted by Crippen LogP contribution is 2.10. The van der Waals surface area contributed by atoms with E-state index in [9.17, 15) is 4.79 Å². The van der Waals surface area contributed by atoms with Crippen molar-refractivity contribution in [3.8, 4) is 0 Å². The summed E-state index contributed by atoms with van der Waals surface area (Å²) in [4.78, 5) is 11.7. The molecule has 0 aliphatic heterocycles. The number of aryl methyl sites for hydroxylation is 2. The highest BCUT2D eigenvalue weighted by Gasteiger charge is 2.08. The molecule has 2 heteroatoms. The molecule has 0 amide bonds. The number of benzene rings is 1. The van der Waals surface area contributed by atoms with Crippen molar-refractivity contribution < 1.29 is 9.21 Å². The van der Waals surface area contributed by atoms with Gasteiger partial charge in [0.05, 0.1) is 6.26 Å². The molecule has 0 atom stereocenters. The number of carbonyl (C=O) groups is 1. The molecule has 0 unspecified atom stereocenters. The Hall–Kier alpha value is -1.83. The van der Waals surface area contributed by atoms with Crippen molar-refractivity contribution >= 4 is 5.78 Å². The zero-order valence-electron chi connectivity index (χ0n) is 9.27. The molecule has 2 rings (SSSR count). The van der Waals surface area contributed by atoms with Crippen LogP contribution in [0.3, 0.4) is 0 Å². The summed E-state index contributed by atoms with van der Waals surface area (Å²) in [6.45, 7) is 2.05. The maximum atomic E-state index is 11.7. The minimum atomic E-state index is 0.0616. The summed E-state index contributed by atoms with van der Waals surface area (Å²) < 4.78 is 5.06. The molecular formula is C14H14O2. The van der Waals surface area contributed by atoms with Crippen molar-refractivity contribution in [2.75, 3.05) is 0 Å². The first-order chi connectivity index (χ1) is 7.75. The number of rotatable bonds is 4. The molecule has 0 bridgehead atoms. The third kappa shape index (κ3) is 2.60. The zero-order valence-corrected chi connectivity index (χ0v) is 9.27. The van der Waals surface area contributed by atoms with E-state index in [1.54, 1.807) is 12.1 Å². The van der Waals surface area contributed by atoms with Crippen LogP contribution >= 0.6 is 0 Å². The second-order valence-electron chi connectivity index (χ2n) is 3.89. The van der Waals surface area contributed by atoms with Gasteiger partial charge in [-0.05, 0) is 31.0 Å². The van der Waals surface area contributed by atoms with E-state index in [2.05, 4.69) is 19.1 Å². The van der Waals surface area contributed by atoms with Gasteiger partial charge in [-0.3, -0.25) is 4.79 Å². The first-order valence-corrected chi connectivity index (χ1v) is 5.38. The molecule has 0 saturated heterocycles. The summed E-state index contributed by atoms with van der Waals surface area (Å²) in [5.74, 6) is 0.513. The molecule has 1 aromatic carbocycles. The summed E-state index contributed by atoms with van der Waals surface area (Å²) in [6.07, 6.45) is 2.79. The van der Waals surface area contributed by atoms with Crippen LogP contribution in [0.15, 0.2) is 47.1 Å².